The van der Waals surface area contributed by atoms with Crippen LogP contribution in [-0.4, -0.2) is 21.2 Å². The Hall–Kier alpha value is 0.600. The largest absolute Gasteiger partial charge is 0.396 e. The molecule has 0 bridgehead atoms. The van der Waals surface area contributed by atoms with Gasteiger partial charge in [-0.25, -0.2) is 0 Å². The summed E-state index contributed by atoms with van der Waals surface area (Å²) in [6, 6.07) is 0. The maximum Gasteiger partial charge on any atom is 0.0912 e. The van der Waals surface area contributed by atoms with Gasteiger partial charge in [0.15, 0.2) is 0 Å². The van der Waals surface area contributed by atoms with E-state index >= 15 is 0 Å². The Bertz CT molecular complexity index is 464. The van der Waals surface area contributed by atoms with Gasteiger partial charge in [0, 0.05) is 55.7 Å². The summed E-state index contributed by atoms with van der Waals surface area (Å²) in [5.41, 5.74) is 2.55. The Morgan fingerprint density at radius 3 is 2.33 bits per heavy atom. The van der Waals surface area contributed by atoms with Gasteiger partial charge in [-0.1, -0.05) is 40.9 Å². The molecule has 0 radical (unpaired) electrons. The van der Waals surface area contributed by atoms with Crippen LogP contribution >= 0.6 is 23.2 Å². The molecule has 0 aromatic rings. The first-order valence-electron chi connectivity index (χ1n) is 5.86. The van der Waals surface area contributed by atoms with Gasteiger partial charge in [0.2, 0.25) is 0 Å². The molecule has 2 aliphatic rings. The molecule has 0 heterocycles. The summed E-state index contributed by atoms with van der Waals surface area (Å²) in [4.78, 5) is 0. The molecule has 0 aliphatic heterocycles. The summed E-state index contributed by atoms with van der Waals surface area (Å²) in [6.45, 7) is 2.31. The molecular weight excluding hydrogens is 362 g/mol. The predicted molar refractivity (Wildman–Crippen MR) is 77.1 cm³/mol. The monoisotopic (exact) mass is 376 g/mol. The van der Waals surface area contributed by atoms with Crippen molar-refractivity contribution in [2.24, 2.45) is 0 Å². The number of aliphatic hydroxyl groups is 1. The van der Waals surface area contributed by atoms with Crippen molar-refractivity contribution in [3.8, 4) is 0 Å². The summed E-state index contributed by atoms with van der Waals surface area (Å²) in [7, 11) is -0.598. The van der Waals surface area contributed by atoms with Gasteiger partial charge in [0.1, 0.15) is 0 Å². The van der Waals surface area contributed by atoms with E-state index in [1.165, 1.54) is 21.5 Å². The summed E-state index contributed by atoms with van der Waals surface area (Å²) >= 11 is 12.5. The Labute approximate surface area is 140 Å². The van der Waals surface area contributed by atoms with E-state index in [4.69, 9.17) is 28.3 Å². The van der Waals surface area contributed by atoms with Crippen LogP contribution in [0.5, 0.6) is 0 Å². The number of allylic oxidation sites excluding steroid dienone is 7. The summed E-state index contributed by atoms with van der Waals surface area (Å²) in [5.74, 6) is 0. The second-order valence-electron chi connectivity index (χ2n) is 4.44. The minimum absolute atomic E-state index is 0. The van der Waals surface area contributed by atoms with E-state index in [9.17, 15) is 0 Å². The van der Waals surface area contributed by atoms with E-state index in [-0.39, 0.29) is 32.8 Å². The smallest absolute Gasteiger partial charge is 0.0912 e. The minimum atomic E-state index is -0.598. The molecule has 0 amide bonds. The standard InChI is InChI=1S/C13H16Cl2OSi.Zr/c1-8-2-4-10(14)12(8)17-13-9(6-7-16)3-5-11(13)15;/h2-3,16H,4-7,17H2,1H3;. The number of halogens is 2. The first-order chi connectivity index (χ1) is 8.13. The van der Waals surface area contributed by atoms with Crippen LogP contribution < -0.4 is 0 Å². The van der Waals surface area contributed by atoms with E-state index in [1.54, 1.807) is 0 Å². The van der Waals surface area contributed by atoms with Crippen LogP contribution in [0.25, 0.3) is 0 Å². The molecule has 2 rings (SSSR count). The quantitative estimate of drug-likeness (QED) is 0.746. The van der Waals surface area contributed by atoms with Crippen molar-refractivity contribution in [3.05, 3.63) is 43.8 Å². The van der Waals surface area contributed by atoms with Crippen LogP contribution in [0.2, 0.25) is 0 Å². The average Bonchev–Trinajstić information content (AvgIpc) is 2.79. The molecular formula is C13H16Cl2OSiZr. The molecule has 0 unspecified atom stereocenters. The SMILES string of the molecule is CC1=CCC(Cl)=C1[SiH2]C1=C(Cl)CC=C1CCO.[Zr]. The molecule has 0 atom stereocenters. The number of hydrogen-bond acceptors (Lipinski definition) is 1. The topological polar surface area (TPSA) is 20.2 Å². The maximum atomic E-state index is 9.06. The molecule has 2 aliphatic carbocycles. The molecule has 0 aromatic carbocycles. The molecule has 0 fully saturated rings. The van der Waals surface area contributed by atoms with Gasteiger partial charge in [-0.05, 0) is 29.3 Å². The Balaban J connectivity index is 0.00000162. The molecule has 0 aromatic heterocycles. The second kappa shape index (κ2) is 7.40. The van der Waals surface area contributed by atoms with Crippen molar-refractivity contribution < 1.29 is 31.3 Å². The first-order valence-corrected chi connectivity index (χ1v) is 8.03. The average molecular weight is 378 g/mol. The number of aliphatic hydroxyl groups excluding tert-OH is 1. The Morgan fingerprint density at radius 1 is 1.17 bits per heavy atom. The van der Waals surface area contributed by atoms with E-state index in [2.05, 4.69) is 19.1 Å². The van der Waals surface area contributed by atoms with Crippen molar-refractivity contribution in [3.63, 3.8) is 0 Å². The van der Waals surface area contributed by atoms with Gasteiger partial charge in [-0.15, -0.1) is 0 Å². The third-order valence-corrected chi connectivity index (χ3v) is 7.15. The van der Waals surface area contributed by atoms with Crippen LogP contribution in [0.15, 0.2) is 43.8 Å². The van der Waals surface area contributed by atoms with Crippen molar-refractivity contribution in [2.75, 3.05) is 6.61 Å². The fraction of sp³-hybridized carbons (Fsp3) is 0.385. The Morgan fingerprint density at radius 2 is 1.78 bits per heavy atom. The van der Waals surface area contributed by atoms with E-state index in [0.29, 0.717) is 6.42 Å². The molecule has 1 N–H and O–H groups in total. The van der Waals surface area contributed by atoms with Crippen molar-refractivity contribution in [1.82, 2.24) is 0 Å². The maximum absolute atomic E-state index is 9.06. The molecule has 0 saturated carbocycles. The Kier molecular flexibility index (Phi) is 6.85. The van der Waals surface area contributed by atoms with Crippen LogP contribution in [-0.2, 0) is 26.2 Å². The minimum Gasteiger partial charge on any atom is -0.396 e. The normalized spacial score (nSPS) is 19.8. The van der Waals surface area contributed by atoms with Crippen LogP contribution in [0.1, 0.15) is 26.2 Å². The van der Waals surface area contributed by atoms with Crippen LogP contribution in [0.3, 0.4) is 0 Å². The summed E-state index contributed by atoms with van der Waals surface area (Å²) < 4.78 is 0. The van der Waals surface area contributed by atoms with Crippen LogP contribution in [0.4, 0.5) is 0 Å². The summed E-state index contributed by atoms with van der Waals surface area (Å²) in [6.07, 6.45) is 6.74. The fourth-order valence-electron chi connectivity index (χ4n) is 2.33. The zero-order valence-electron chi connectivity index (χ0n) is 10.4. The zero-order valence-corrected chi connectivity index (χ0v) is 15.8. The predicted octanol–water partition coefficient (Wildman–Crippen LogP) is 3.12. The van der Waals surface area contributed by atoms with E-state index < -0.39 is 9.52 Å². The first kappa shape index (κ1) is 16.7. The summed E-state index contributed by atoms with van der Waals surface area (Å²) in [5, 5.41) is 13.6. The van der Waals surface area contributed by atoms with Gasteiger partial charge < -0.3 is 5.11 Å². The molecule has 5 heteroatoms. The molecule has 0 saturated heterocycles. The van der Waals surface area contributed by atoms with Crippen molar-refractivity contribution in [1.29, 1.82) is 0 Å². The number of rotatable bonds is 4. The molecule has 18 heavy (non-hydrogen) atoms. The van der Waals surface area contributed by atoms with E-state index in [0.717, 1.165) is 22.9 Å². The molecule has 96 valence electrons. The van der Waals surface area contributed by atoms with Gasteiger partial charge in [0.25, 0.3) is 0 Å². The fourth-order valence-corrected chi connectivity index (χ4v) is 5.15. The third-order valence-electron chi connectivity index (χ3n) is 3.37. The van der Waals surface area contributed by atoms with Crippen molar-refractivity contribution in [2.45, 2.75) is 26.2 Å². The second-order valence-corrected chi connectivity index (χ2v) is 7.12. The van der Waals surface area contributed by atoms with E-state index in [1.807, 2.05) is 0 Å². The molecule has 1 nitrogen and oxygen atoms in total. The third kappa shape index (κ3) is 3.58. The van der Waals surface area contributed by atoms with Gasteiger partial charge in [-0.2, -0.15) is 0 Å². The zero-order chi connectivity index (χ0) is 12.4. The number of hydrogen-bond donors (Lipinski definition) is 1. The molecule has 0 spiro atoms. The van der Waals surface area contributed by atoms with Crippen molar-refractivity contribution >= 4 is 32.7 Å². The van der Waals surface area contributed by atoms with Gasteiger partial charge in [-0.3, -0.25) is 0 Å². The van der Waals surface area contributed by atoms with Crippen LogP contribution in [0, 0.1) is 0 Å². The van der Waals surface area contributed by atoms with Gasteiger partial charge >= 0.3 is 0 Å². The van der Waals surface area contributed by atoms with Gasteiger partial charge in [0.05, 0.1) is 9.52 Å².